The van der Waals surface area contributed by atoms with Crippen LogP contribution in [0.3, 0.4) is 0 Å². The van der Waals surface area contributed by atoms with Gasteiger partial charge in [-0.05, 0) is 37.1 Å². The zero-order chi connectivity index (χ0) is 26.9. The Bertz CT molecular complexity index is 1060. The molecule has 0 fully saturated rings. The first-order valence-electron chi connectivity index (χ1n) is 12.5. The molecule has 1 N–H and O–H groups in total. The normalized spacial score (nSPS) is 21.3. The van der Waals surface area contributed by atoms with Gasteiger partial charge in [-0.1, -0.05) is 25.1 Å². The number of rotatable bonds is 7. The van der Waals surface area contributed by atoms with Crippen LogP contribution in [0.15, 0.2) is 42.5 Å². The van der Waals surface area contributed by atoms with Gasteiger partial charge in [0.15, 0.2) is 0 Å². The summed E-state index contributed by atoms with van der Waals surface area (Å²) >= 11 is 0. The zero-order valence-electron chi connectivity index (χ0n) is 22.7. The molecule has 3 rings (SSSR count). The first-order chi connectivity index (χ1) is 17.8. The third-order valence-electron chi connectivity index (χ3n) is 6.70. The molecular weight excluding hydrogens is 474 g/mol. The second-order valence-corrected chi connectivity index (χ2v) is 9.53. The number of para-hydroxylation sites is 1. The molecule has 3 atom stereocenters. The van der Waals surface area contributed by atoms with Gasteiger partial charge in [0.1, 0.15) is 24.7 Å². The molecule has 0 bridgehead atoms. The molecule has 1 aliphatic rings. The first kappa shape index (κ1) is 28.4. The molecule has 2 amide bonds. The highest BCUT2D eigenvalue weighted by Crippen LogP contribution is 2.27. The Kier molecular flexibility index (Phi) is 10.3. The van der Waals surface area contributed by atoms with E-state index in [9.17, 15) is 9.59 Å². The fourth-order valence-electron chi connectivity index (χ4n) is 4.53. The summed E-state index contributed by atoms with van der Waals surface area (Å²) in [5.74, 6) is 0.943. The average Bonchev–Trinajstić information content (AvgIpc) is 2.89. The molecule has 0 unspecified atom stereocenters. The van der Waals surface area contributed by atoms with Crippen molar-refractivity contribution >= 4 is 17.5 Å². The number of carbonyl (C=O) groups is 2. The summed E-state index contributed by atoms with van der Waals surface area (Å²) in [6.07, 6.45) is -0.172. The summed E-state index contributed by atoms with van der Waals surface area (Å²) in [7, 11) is 6.57. The van der Waals surface area contributed by atoms with Crippen molar-refractivity contribution in [3.63, 3.8) is 0 Å². The number of methoxy groups -OCH3 is 3. The minimum Gasteiger partial charge on any atom is -0.496 e. The van der Waals surface area contributed by atoms with E-state index >= 15 is 0 Å². The molecule has 1 heterocycles. The lowest BCUT2D eigenvalue weighted by Gasteiger charge is -2.36. The van der Waals surface area contributed by atoms with Crippen LogP contribution in [-0.4, -0.2) is 88.4 Å². The largest absolute Gasteiger partial charge is 0.496 e. The van der Waals surface area contributed by atoms with E-state index in [0.29, 0.717) is 36.7 Å². The molecular formula is C28H39N3O6. The van der Waals surface area contributed by atoms with Crippen molar-refractivity contribution in [1.29, 1.82) is 0 Å². The summed E-state index contributed by atoms with van der Waals surface area (Å²) in [5, 5.41) is 2.76. The number of nitrogens with one attached hydrogen (secondary N) is 1. The van der Waals surface area contributed by atoms with Gasteiger partial charge in [-0.15, -0.1) is 0 Å². The van der Waals surface area contributed by atoms with Crippen molar-refractivity contribution in [2.24, 2.45) is 5.92 Å². The van der Waals surface area contributed by atoms with Crippen LogP contribution in [0.4, 0.5) is 5.69 Å². The van der Waals surface area contributed by atoms with Crippen molar-refractivity contribution in [3.8, 4) is 11.5 Å². The third kappa shape index (κ3) is 7.44. The third-order valence-corrected chi connectivity index (χ3v) is 6.70. The molecule has 37 heavy (non-hydrogen) atoms. The topological polar surface area (TPSA) is 89.6 Å². The molecule has 0 spiro atoms. The Hall–Kier alpha value is -3.14. The number of hydrogen-bond donors (Lipinski definition) is 1. The maximum Gasteiger partial charge on any atom is 0.257 e. The van der Waals surface area contributed by atoms with Gasteiger partial charge < -0.3 is 29.2 Å². The summed E-state index contributed by atoms with van der Waals surface area (Å²) in [4.78, 5) is 29.5. The molecule has 9 heteroatoms. The predicted octanol–water partition coefficient (Wildman–Crippen LogP) is 3.29. The van der Waals surface area contributed by atoms with Gasteiger partial charge >= 0.3 is 0 Å². The second kappa shape index (κ2) is 13.4. The highest BCUT2D eigenvalue weighted by Gasteiger charge is 2.29. The molecule has 0 aliphatic carbocycles. The summed E-state index contributed by atoms with van der Waals surface area (Å²) in [6.45, 7) is 6.39. The monoisotopic (exact) mass is 513 g/mol. The van der Waals surface area contributed by atoms with E-state index in [2.05, 4.69) is 30.1 Å². The van der Waals surface area contributed by atoms with Crippen LogP contribution in [0.25, 0.3) is 0 Å². The van der Waals surface area contributed by atoms with Crippen molar-refractivity contribution in [3.05, 3.63) is 53.6 Å². The number of ether oxygens (including phenoxy) is 4. The van der Waals surface area contributed by atoms with E-state index < -0.39 is 0 Å². The minimum atomic E-state index is -0.300. The number of fused-ring (bicyclic) bond motifs is 1. The van der Waals surface area contributed by atoms with E-state index in [1.165, 1.54) is 7.11 Å². The van der Waals surface area contributed by atoms with Gasteiger partial charge in [-0.25, -0.2) is 0 Å². The molecule has 2 aromatic rings. The first-order valence-corrected chi connectivity index (χ1v) is 12.5. The van der Waals surface area contributed by atoms with E-state index in [0.717, 1.165) is 17.9 Å². The summed E-state index contributed by atoms with van der Waals surface area (Å²) in [6, 6.07) is 13.1. The van der Waals surface area contributed by atoms with Crippen molar-refractivity contribution < 1.29 is 28.5 Å². The molecule has 1 aliphatic heterocycles. The number of anilines is 1. The quantitative estimate of drug-likeness (QED) is 0.608. The number of likely N-dealkylation sites (N-methyl/N-ethyl adjacent to an activating group) is 1. The number of nitrogens with zero attached hydrogens (tertiary/aromatic N) is 2. The van der Waals surface area contributed by atoms with Crippen LogP contribution >= 0.6 is 0 Å². The SMILES string of the molecule is COCC(=O)Nc1ccc2c(c1)C(=O)N(C)C[C@H](OC)[C@@H](C)CN(Cc1ccccc1OC)[C@@H](C)CO2. The van der Waals surface area contributed by atoms with Gasteiger partial charge in [-0.3, -0.25) is 14.5 Å². The van der Waals surface area contributed by atoms with E-state index in [-0.39, 0.29) is 36.5 Å². The fourth-order valence-corrected chi connectivity index (χ4v) is 4.53. The zero-order valence-corrected chi connectivity index (χ0v) is 22.7. The Morgan fingerprint density at radius 1 is 1.11 bits per heavy atom. The Morgan fingerprint density at radius 2 is 1.86 bits per heavy atom. The number of benzene rings is 2. The second-order valence-electron chi connectivity index (χ2n) is 9.53. The predicted molar refractivity (Wildman–Crippen MR) is 142 cm³/mol. The van der Waals surface area contributed by atoms with Gasteiger partial charge in [-0.2, -0.15) is 0 Å². The van der Waals surface area contributed by atoms with Crippen LogP contribution in [0, 0.1) is 5.92 Å². The average molecular weight is 514 g/mol. The lowest BCUT2D eigenvalue weighted by atomic mass is 10.0. The Morgan fingerprint density at radius 3 is 2.57 bits per heavy atom. The number of amides is 2. The molecule has 0 radical (unpaired) electrons. The minimum absolute atomic E-state index is 0.0334. The highest BCUT2D eigenvalue weighted by atomic mass is 16.5. The van der Waals surface area contributed by atoms with Crippen molar-refractivity contribution in [2.45, 2.75) is 32.5 Å². The van der Waals surface area contributed by atoms with Crippen LogP contribution in [0.1, 0.15) is 29.8 Å². The van der Waals surface area contributed by atoms with E-state index in [1.54, 1.807) is 44.4 Å². The highest BCUT2D eigenvalue weighted by molar-refractivity contribution is 5.99. The number of hydrogen-bond acceptors (Lipinski definition) is 7. The standard InChI is InChI=1S/C28H39N3O6/c1-19-14-31(15-21-9-7-8-10-24(21)35-5)20(2)17-37-25-12-11-22(29-27(32)18-34-4)13-23(25)28(33)30(3)16-26(19)36-6/h7-13,19-20,26H,14-18H2,1-6H3,(H,29,32)/t19-,20-,26-/m0/s1. The van der Waals surface area contributed by atoms with Crippen molar-refractivity contribution in [2.75, 3.05) is 60.0 Å². The van der Waals surface area contributed by atoms with Gasteiger partial charge in [0.05, 0.1) is 18.8 Å². The van der Waals surface area contributed by atoms with E-state index in [4.69, 9.17) is 18.9 Å². The number of carbonyl (C=O) groups excluding carboxylic acids is 2. The van der Waals surface area contributed by atoms with Crippen molar-refractivity contribution in [1.82, 2.24) is 9.80 Å². The summed E-state index contributed by atoms with van der Waals surface area (Å²) in [5.41, 5.74) is 1.97. The van der Waals surface area contributed by atoms with Gasteiger partial charge in [0.25, 0.3) is 5.91 Å². The van der Waals surface area contributed by atoms with Gasteiger partial charge in [0.2, 0.25) is 5.91 Å². The van der Waals surface area contributed by atoms with Crippen LogP contribution in [0.5, 0.6) is 11.5 Å². The van der Waals surface area contributed by atoms with Crippen LogP contribution in [-0.2, 0) is 20.8 Å². The van der Waals surface area contributed by atoms with E-state index in [1.807, 2.05) is 18.2 Å². The molecule has 0 aromatic heterocycles. The molecule has 2 aromatic carbocycles. The maximum atomic E-state index is 13.5. The smallest absolute Gasteiger partial charge is 0.257 e. The van der Waals surface area contributed by atoms with Crippen LogP contribution < -0.4 is 14.8 Å². The molecule has 202 valence electrons. The van der Waals surface area contributed by atoms with Gasteiger partial charge in [0, 0.05) is 58.2 Å². The van der Waals surface area contributed by atoms with Crippen LogP contribution in [0.2, 0.25) is 0 Å². The Labute approximate surface area is 219 Å². The lowest BCUT2D eigenvalue weighted by molar-refractivity contribution is -0.119. The fraction of sp³-hybridized carbons (Fsp3) is 0.500. The molecule has 0 saturated carbocycles. The molecule has 9 nitrogen and oxygen atoms in total. The lowest BCUT2D eigenvalue weighted by Crippen LogP contribution is -2.46. The maximum absolute atomic E-state index is 13.5. The Balaban J connectivity index is 1.94. The summed E-state index contributed by atoms with van der Waals surface area (Å²) < 4.78 is 22.6. The molecule has 0 saturated heterocycles.